The third-order valence-corrected chi connectivity index (χ3v) is 4.40. The summed E-state index contributed by atoms with van der Waals surface area (Å²) in [6.07, 6.45) is 1.54. The average molecular weight is 366 g/mol. The highest BCUT2D eigenvalue weighted by Crippen LogP contribution is 2.37. The van der Waals surface area contributed by atoms with Gasteiger partial charge in [-0.3, -0.25) is 4.98 Å². The first kappa shape index (κ1) is 19.0. The van der Waals surface area contributed by atoms with Crippen molar-refractivity contribution >= 4 is 0 Å². The van der Waals surface area contributed by atoms with E-state index in [1.54, 1.807) is 12.1 Å². The first-order chi connectivity index (χ1) is 12.9. The van der Waals surface area contributed by atoms with Gasteiger partial charge in [-0.2, -0.15) is 0 Å². The van der Waals surface area contributed by atoms with E-state index in [9.17, 15) is 4.39 Å². The summed E-state index contributed by atoms with van der Waals surface area (Å²) < 4.78 is 26.6. The van der Waals surface area contributed by atoms with Crippen LogP contribution in [-0.2, 0) is 16.9 Å². The Kier molecular flexibility index (Phi) is 5.51. The van der Waals surface area contributed by atoms with Gasteiger partial charge in [-0.15, -0.1) is 0 Å². The predicted octanol–water partition coefficient (Wildman–Crippen LogP) is 5.48. The summed E-state index contributed by atoms with van der Waals surface area (Å²) in [6, 6.07) is 14.5. The largest absolute Gasteiger partial charge is 0.437 e. The summed E-state index contributed by atoms with van der Waals surface area (Å²) in [5.74, 6) is 0.303. The molecular formula is C22H23FN2O2. The normalized spacial score (nSPS) is 11.4. The molecule has 1 heterocycles. The molecule has 27 heavy (non-hydrogen) atoms. The lowest BCUT2D eigenvalue weighted by atomic mass is 9.96. The summed E-state index contributed by atoms with van der Waals surface area (Å²) in [6.45, 7) is 7.75. The molecule has 5 heteroatoms. The summed E-state index contributed by atoms with van der Waals surface area (Å²) >= 11 is 0. The molecule has 2 aromatic carbocycles. The Balaban J connectivity index is 1.88. The Bertz CT molecular complexity index is 927. The first-order valence-corrected chi connectivity index (χ1v) is 8.82. The first-order valence-electron chi connectivity index (χ1n) is 8.82. The van der Waals surface area contributed by atoms with Crippen LogP contribution in [0, 0.1) is 19.7 Å². The van der Waals surface area contributed by atoms with Gasteiger partial charge in [-0.05, 0) is 45.4 Å². The second kappa shape index (κ2) is 7.84. The molecule has 0 aliphatic rings. The van der Waals surface area contributed by atoms with Gasteiger partial charge in [-0.1, -0.05) is 36.4 Å². The number of benzene rings is 2. The minimum absolute atomic E-state index is 0.323. The highest BCUT2D eigenvalue weighted by atomic mass is 19.1. The van der Waals surface area contributed by atoms with Gasteiger partial charge in [0, 0.05) is 0 Å². The number of ether oxygens (including phenoxy) is 2. The van der Waals surface area contributed by atoms with Crippen LogP contribution in [0.1, 0.15) is 36.4 Å². The van der Waals surface area contributed by atoms with Crippen LogP contribution in [0.5, 0.6) is 11.6 Å². The number of aromatic nitrogens is 2. The molecule has 0 unspecified atom stereocenters. The van der Waals surface area contributed by atoms with E-state index in [1.165, 1.54) is 12.3 Å². The SMILES string of the molecule is Cc1ncc(Oc2cccc(F)c2C(C)(C)OCc2ccccc2)nc1C. The van der Waals surface area contributed by atoms with Crippen LogP contribution in [0.25, 0.3) is 0 Å². The average Bonchev–Trinajstić information content (AvgIpc) is 2.64. The molecule has 0 spiro atoms. The Morgan fingerprint density at radius 3 is 2.41 bits per heavy atom. The minimum atomic E-state index is -0.899. The van der Waals surface area contributed by atoms with Gasteiger partial charge in [0.15, 0.2) is 0 Å². The lowest BCUT2D eigenvalue weighted by molar-refractivity contribution is -0.0372. The maximum atomic E-state index is 14.7. The Morgan fingerprint density at radius 1 is 0.963 bits per heavy atom. The van der Waals surface area contributed by atoms with Crippen LogP contribution in [0.3, 0.4) is 0 Å². The molecule has 0 aliphatic heterocycles. The minimum Gasteiger partial charge on any atom is -0.437 e. The molecule has 0 N–H and O–H groups in total. The number of nitrogens with zero attached hydrogens (tertiary/aromatic N) is 2. The Hall–Kier alpha value is -2.79. The second-order valence-corrected chi connectivity index (χ2v) is 6.88. The third-order valence-electron chi connectivity index (χ3n) is 4.40. The second-order valence-electron chi connectivity index (χ2n) is 6.88. The predicted molar refractivity (Wildman–Crippen MR) is 102 cm³/mol. The quantitative estimate of drug-likeness (QED) is 0.580. The number of hydrogen-bond donors (Lipinski definition) is 0. The smallest absolute Gasteiger partial charge is 0.238 e. The molecule has 3 aromatic rings. The van der Waals surface area contributed by atoms with E-state index in [0.717, 1.165) is 17.0 Å². The molecule has 0 radical (unpaired) electrons. The van der Waals surface area contributed by atoms with E-state index in [4.69, 9.17) is 9.47 Å². The van der Waals surface area contributed by atoms with E-state index in [1.807, 2.05) is 58.0 Å². The van der Waals surface area contributed by atoms with E-state index < -0.39 is 5.60 Å². The van der Waals surface area contributed by atoms with Gasteiger partial charge in [0.2, 0.25) is 5.88 Å². The Labute approximate surface area is 159 Å². The maximum Gasteiger partial charge on any atom is 0.238 e. The van der Waals surface area contributed by atoms with Crippen LogP contribution < -0.4 is 4.74 Å². The molecule has 0 fully saturated rings. The number of hydrogen-bond acceptors (Lipinski definition) is 4. The highest BCUT2D eigenvalue weighted by molar-refractivity contribution is 5.41. The molecule has 0 amide bonds. The molecule has 3 rings (SSSR count). The lowest BCUT2D eigenvalue weighted by Gasteiger charge is -2.28. The zero-order valence-electron chi connectivity index (χ0n) is 16.0. The molecule has 0 aliphatic carbocycles. The zero-order chi connectivity index (χ0) is 19.4. The molecular weight excluding hydrogens is 343 g/mol. The van der Waals surface area contributed by atoms with Crippen molar-refractivity contribution < 1.29 is 13.9 Å². The van der Waals surface area contributed by atoms with Crippen LogP contribution in [-0.4, -0.2) is 9.97 Å². The molecule has 4 nitrogen and oxygen atoms in total. The van der Waals surface area contributed by atoms with Crippen molar-refractivity contribution in [3.63, 3.8) is 0 Å². The van der Waals surface area contributed by atoms with Crippen LogP contribution in [0.2, 0.25) is 0 Å². The summed E-state index contributed by atoms with van der Waals surface area (Å²) in [4.78, 5) is 8.62. The monoisotopic (exact) mass is 366 g/mol. The maximum absolute atomic E-state index is 14.7. The molecule has 0 atom stereocenters. The van der Waals surface area contributed by atoms with Gasteiger partial charge >= 0.3 is 0 Å². The summed E-state index contributed by atoms with van der Waals surface area (Å²) in [5.41, 5.74) is 2.06. The van der Waals surface area contributed by atoms with Crippen molar-refractivity contribution in [1.82, 2.24) is 9.97 Å². The van der Waals surface area contributed by atoms with E-state index in [-0.39, 0.29) is 5.82 Å². The highest BCUT2D eigenvalue weighted by Gasteiger charge is 2.29. The zero-order valence-corrected chi connectivity index (χ0v) is 16.0. The lowest BCUT2D eigenvalue weighted by Crippen LogP contribution is -2.24. The van der Waals surface area contributed by atoms with Crippen molar-refractivity contribution in [2.24, 2.45) is 0 Å². The molecule has 1 aromatic heterocycles. The summed E-state index contributed by atoms with van der Waals surface area (Å²) in [5, 5.41) is 0. The van der Waals surface area contributed by atoms with Crippen molar-refractivity contribution in [2.45, 2.75) is 39.9 Å². The van der Waals surface area contributed by atoms with Gasteiger partial charge < -0.3 is 9.47 Å². The topological polar surface area (TPSA) is 44.2 Å². The van der Waals surface area contributed by atoms with Gasteiger partial charge in [0.05, 0.1) is 35.4 Å². The standard InChI is InChI=1S/C22H23FN2O2/c1-15-16(2)25-20(13-24-15)27-19-12-8-11-18(23)21(19)22(3,4)26-14-17-9-6-5-7-10-17/h5-13H,14H2,1-4H3. The van der Waals surface area contributed by atoms with Gasteiger partial charge in [0.1, 0.15) is 11.6 Å². The number of aryl methyl sites for hydroxylation is 2. The van der Waals surface area contributed by atoms with Crippen molar-refractivity contribution in [2.75, 3.05) is 0 Å². The van der Waals surface area contributed by atoms with Gasteiger partial charge in [0.25, 0.3) is 0 Å². The van der Waals surface area contributed by atoms with E-state index in [2.05, 4.69) is 9.97 Å². The molecule has 140 valence electrons. The number of halogens is 1. The third kappa shape index (κ3) is 4.49. The molecule has 0 bridgehead atoms. The fourth-order valence-electron chi connectivity index (χ4n) is 2.77. The molecule has 0 saturated heterocycles. The fourth-order valence-corrected chi connectivity index (χ4v) is 2.77. The van der Waals surface area contributed by atoms with Crippen LogP contribution >= 0.6 is 0 Å². The molecule has 0 saturated carbocycles. The van der Waals surface area contributed by atoms with Crippen LogP contribution in [0.4, 0.5) is 4.39 Å². The number of rotatable bonds is 6. The van der Waals surface area contributed by atoms with Crippen LogP contribution in [0.15, 0.2) is 54.7 Å². The van der Waals surface area contributed by atoms with Gasteiger partial charge in [-0.25, -0.2) is 9.37 Å². The Morgan fingerprint density at radius 2 is 1.70 bits per heavy atom. The van der Waals surface area contributed by atoms with E-state index in [0.29, 0.717) is 23.8 Å². The summed E-state index contributed by atoms with van der Waals surface area (Å²) in [7, 11) is 0. The van der Waals surface area contributed by atoms with Crippen molar-refractivity contribution in [3.05, 3.63) is 83.1 Å². The van der Waals surface area contributed by atoms with Crippen molar-refractivity contribution in [1.29, 1.82) is 0 Å². The fraction of sp³-hybridized carbons (Fsp3) is 0.273. The van der Waals surface area contributed by atoms with Crippen molar-refractivity contribution in [3.8, 4) is 11.6 Å². The van der Waals surface area contributed by atoms with E-state index >= 15 is 0 Å².